The quantitative estimate of drug-likeness (QED) is 0.819. The maximum absolute atomic E-state index is 11.7. The summed E-state index contributed by atoms with van der Waals surface area (Å²) in [5, 5.41) is 0. The first-order valence-corrected chi connectivity index (χ1v) is 7.92. The molecule has 0 heterocycles. The number of aryl methyl sites for hydroxylation is 2. The summed E-state index contributed by atoms with van der Waals surface area (Å²) in [6.07, 6.45) is -0.731. The molecule has 2 aromatic rings. The van der Waals surface area contributed by atoms with Crippen LogP contribution in [-0.2, 0) is 16.1 Å². The molecule has 2 amide bonds. The van der Waals surface area contributed by atoms with Gasteiger partial charge in [0.25, 0.3) is 5.91 Å². The zero-order valence-electron chi connectivity index (χ0n) is 14.6. The van der Waals surface area contributed by atoms with Crippen LogP contribution in [-0.4, -0.2) is 18.6 Å². The number of hydrogen-bond acceptors (Lipinski definition) is 4. The van der Waals surface area contributed by atoms with E-state index in [0.29, 0.717) is 5.75 Å². The van der Waals surface area contributed by atoms with Crippen molar-refractivity contribution in [2.45, 2.75) is 27.4 Å². The first-order chi connectivity index (χ1) is 12.0. The highest BCUT2D eigenvalue weighted by Gasteiger charge is 2.08. The van der Waals surface area contributed by atoms with Crippen LogP contribution < -0.4 is 15.6 Å². The summed E-state index contributed by atoms with van der Waals surface area (Å²) >= 11 is 0. The van der Waals surface area contributed by atoms with E-state index in [9.17, 15) is 9.59 Å². The van der Waals surface area contributed by atoms with Crippen molar-refractivity contribution >= 4 is 12.0 Å². The van der Waals surface area contributed by atoms with Crippen molar-refractivity contribution < 1.29 is 19.1 Å². The second-order valence-corrected chi connectivity index (χ2v) is 5.66. The molecule has 0 saturated carbocycles. The highest BCUT2D eigenvalue weighted by Crippen LogP contribution is 2.15. The van der Waals surface area contributed by atoms with E-state index in [0.717, 1.165) is 22.3 Å². The van der Waals surface area contributed by atoms with Gasteiger partial charge in [-0.25, -0.2) is 10.2 Å². The lowest BCUT2D eigenvalue weighted by Crippen LogP contribution is -2.44. The van der Waals surface area contributed by atoms with E-state index < -0.39 is 12.0 Å². The van der Waals surface area contributed by atoms with Gasteiger partial charge in [0, 0.05) is 0 Å². The molecule has 2 rings (SSSR count). The summed E-state index contributed by atoms with van der Waals surface area (Å²) in [5.41, 5.74) is 8.49. The van der Waals surface area contributed by atoms with Gasteiger partial charge >= 0.3 is 6.09 Å². The second kappa shape index (κ2) is 8.73. The third-order valence-electron chi connectivity index (χ3n) is 3.83. The summed E-state index contributed by atoms with van der Waals surface area (Å²) in [4.78, 5) is 23.4. The molecular formula is C19H22N2O4. The highest BCUT2D eigenvalue weighted by atomic mass is 16.6. The second-order valence-electron chi connectivity index (χ2n) is 5.66. The normalized spacial score (nSPS) is 10.0. The van der Waals surface area contributed by atoms with Crippen molar-refractivity contribution in [3.8, 4) is 5.75 Å². The Bertz CT molecular complexity index is 759. The molecule has 2 N–H and O–H groups in total. The number of ether oxygens (including phenoxy) is 2. The molecule has 6 heteroatoms. The van der Waals surface area contributed by atoms with Crippen LogP contribution in [0.15, 0.2) is 42.5 Å². The van der Waals surface area contributed by atoms with E-state index in [1.54, 1.807) is 6.07 Å². The molecule has 0 radical (unpaired) electrons. The van der Waals surface area contributed by atoms with Crippen molar-refractivity contribution in [3.63, 3.8) is 0 Å². The Balaban J connectivity index is 1.71. The number of hydrogen-bond donors (Lipinski definition) is 2. The lowest BCUT2D eigenvalue weighted by Gasteiger charge is -2.12. The smallest absolute Gasteiger partial charge is 0.426 e. The van der Waals surface area contributed by atoms with Gasteiger partial charge in [-0.2, -0.15) is 0 Å². The van der Waals surface area contributed by atoms with Crippen LogP contribution in [0.25, 0.3) is 0 Å². The number of rotatable bonds is 5. The zero-order chi connectivity index (χ0) is 18.2. The molecule has 0 aliphatic heterocycles. The SMILES string of the molecule is Cc1ccccc1OCC(=O)NNC(=O)OCc1cccc(C)c1C. The fourth-order valence-electron chi connectivity index (χ4n) is 2.17. The molecule has 0 aromatic heterocycles. The molecule has 6 nitrogen and oxygen atoms in total. The van der Waals surface area contributed by atoms with E-state index >= 15 is 0 Å². The van der Waals surface area contributed by atoms with Crippen LogP contribution in [0.3, 0.4) is 0 Å². The largest absolute Gasteiger partial charge is 0.483 e. The molecule has 0 fully saturated rings. The third-order valence-corrected chi connectivity index (χ3v) is 3.83. The number of para-hydroxylation sites is 1. The highest BCUT2D eigenvalue weighted by molar-refractivity contribution is 5.80. The minimum absolute atomic E-state index is 0.134. The average molecular weight is 342 g/mol. The molecular weight excluding hydrogens is 320 g/mol. The van der Waals surface area contributed by atoms with Gasteiger partial charge in [0.05, 0.1) is 0 Å². The molecule has 0 saturated heterocycles. The molecule has 2 aromatic carbocycles. The minimum Gasteiger partial charge on any atom is -0.483 e. The van der Waals surface area contributed by atoms with Crippen LogP contribution in [0.1, 0.15) is 22.3 Å². The summed E-state index contributed by atoms with van der Waals surface area (Å²) < 4.78 is 10.5. The van der Waals surface area contributed by atoms with Crippen LogP contribution in [0.4, 0.5) is 4.79 Å². The number of nitrogens with one attached hydrogen (secondary N) is 2. The molecule has 25 heavy (non-hydrogen) atoms. The third kappa shape index (κ3) is 5.53. The molecule has 0 aliphatic rings. The van der Waals surface area contributed by atoms with Gasteiger partial charge in [0.1, 0.15) is 12.4 Å². The summed E-state index contributed by atoms with van der Waals surface area (Å²) in [5.74, 6) is 0.141. The summed E-state index contributed by atoms with van der Waals surface area (Å²) in [6, 6.07) is 13.2. The standard InChI is InChI=1S/C19H22N2O4/c1-13-8-6-9-16(15(13)3)11-25-19(23)21-20-18(22)12-24-17-10-5-4-7-14(17)2/h4-10H,11-12H2,1-3H3,(H,20,22)(H,21,23). The van der Waals surface area contributed by atoms with Gasteiger partial charge in [-0.15, -0.1) is 0 Å². The van der Waals surface area contributed by atoms with Crippen molar-refractivity contribution in [3.05, 3.63) is 64.7 Å². The number of benzene rings is 2. The number of amides is 2. The number of hydrazine groups is 1. The van der Waals surface area contributed by atoms with Crippen LogP contribution in [0, 0.1) is 20.8 Å². The van der Waals surface area contributed by atoms with Crippen molar-refractivity contribution in [2.75, 3.05) is 6.61 Å². The average Bonchev–Trinajstić information content (AvgIpc) is 2.60. The summed E-state index contributed by atoms with van der Waals surface area (Å²) in [7, 11) is 0. The Hall–Kier alpha value is -3.02. The van der Waals surface area contributed by atoms with Gasteiger partial charge < -0.3 is 9.47 Å². The Labute approximate surface area is 147 Å². The lowest BCUT2D eigenvalue weighted by atomic mass is 10.0. The fraction of sp³-hybridized carbons (Fsp3) is 0.263. The maximum atomic E-state index is 11.7. The monoisotopic (exact) mass is 342 g/mol. The molecule has 0 atom stereocenters. The van der Waals surface area contributed by atoms with E-state index in [1.807, 2.05) is 57.2 Å². The van der Waals surface area contributed by atoms with Crippen molar-refractivity contribution in [2.24, 2.45) is 0 Å². The van der Waals surface area contributed by atoms with Crippen LogP contribution in [0.2, 0.25) is 0 Å². The maximum Gasteiger partial charge on any atom is 0.426 e. The molecule has 0 bridgehead atoms. The predicted octanol–water partition coefficient (Wildman–Crippen LogP) is 2.95. The van der Waals surface area contributed by atoms with E-state index in [1.165, 1.54) is 0 Å². The predicted molar refractivity (Wildman–Crippen MR) is 94.1 cm³/mol. The van der Waals surface area contributed by atoms with Crippen molar-refractivity contribution in [1.29, 1.82) is 0 Å². The Morgan fingerprint density at radius 1 is 0.920 bits per heavy atom. The Morgan fingerprint density at radius 2 is 1.64 bits per heavy atom. The minimum atomic E-state index is -0.731. The fourth-order valence-corrected chi connectivity index (χ4v) is 2.17. The van der Waals surface area contributed by atoms with Crippen molar-refractivity contribution in [1.82, 2.24) is 10.9 Å². The van der Waals surface area contributed by atoms with Gasteiger partial charge in [0.15, 0.2) is 6.61 Å². The molecule has 0 aliphatic carbocycles. The van der Waals surface area contributed by atoms with Gasteiger partial charge in [0.2, 0.25) is 0 Å². The Morgan fingerprint density at radius 3 is 2.40 bits per heavy atom. The molecule has 132 valence electrons. The summed E-state index contributed by atoms with van der Waals surface area (Å²) in [6.45, 7) is 5.78. The first-order valence-electron chi connectivity index (χ1n) is 7.92. The van der Waals surface area contributed by atoms with E-state index in [2.05, 4.69) is 10.9 Å². The van der Waals surface area contributed by atoms with Gasteiger partial charge in [-0.1, -0.05) is 36.4 Å². The topological polar surface area (TPSA) is 76.7 Å². The molecule has 0 spiro atoms. The van der Waals surface area contributed by atoms with Gasteiger partial charge in [-0.3, -0.25) is 10.2 Å². The van der Waals surface area contributed by atoms with Gasteiger partial charge in [-0.05, 0) is 49.1 Å². The van der Waals surface area contributed by atoms with E-state index in [4.69, 9.17) is 9.47 Å². The van der Waals surface area contributed by atoms with Crippen LogP contribution >= 0.6 is 0 Å². The molecule has 0 unspecified atom stereocenters. The number of carbonyl (C=O) groups excluding carboxylic acids is 2. The van der Waals surface area contributed by atoms with E-state index in [-0.39, 0.29) is 13.2 Å². The Kier molecular flexibility index (Phi) is 6.39. The van der Waals surface area contributed by atoms with Crippen LogP contribution in [0.5, 0.6) is 5.75 Å². The first kappa shape index (κ1) is 18.3. The zero-order valence-corrected chi connectivity index (χ0v) is 14.6. The lowest BCUT2D eigenvalue weighted by molar-refractivity contribution is -0.124. The number of carbonyl (C=O) groups is 2.